The fourth-order valence-electron chi connectivity index (χ4n) is 1.61. The van der Waals surface area contributed by atoms with Crippen LogP contribution in [0, 0.1) is 0 Å². The zero-order valence-corrected chi connectivity index (χ0v) is 11.6. The number of aromatic nitrogens is 1. The molecule has 1 aromatic heterocycles. The molecule has 0 unspecified atom stereocenters. The van der Waals surface area contributed by atoms with E-state index >= 15 is 0 Å². The van der Waals surface area contributed by atoms with Gasteiger partial charge < -0.3 is 14.5 Å². The Morgan fingerprint density at radius 2 is 2.00 bits per heavy atom. The molecule has 0 aliphatic heterocycles. The quantitative estimate of drug-likeness (QED) is 0.907. The molecule has 0 bridgehead atoms. The number of hydrogen-bond acceptors (Lipinski definition) is 4. The first-order chi connectivity index (χ1) is 9.86. The fraction of sp³-hybridized carbons (Fsp3) is 0.357. The lowest BCUT2D eigenvalue weighted by Gasteiger charge is -2.10. The van der Waals surface area contributed by atoms with Crippen LogP contribution < -0.4 is 10.1 Å². The number of benzene rings is 1. The number of halogens is 3. The van der Waals surface area contributed by atoms with Gasteiger partial charge in [0.05, 0.1) is 11.3 Å². The smallest absolute Gasteiger partial charge is 0.417 e. The Balaban J connectivity index is 2.12. The minimum Gasteiger partial charge on any atom is -0.417 e. The fourth-order valence-corrected chi connectivity index (χ4v) is 1.61. The molecule has 21 heavy (non-hydrogen) atoms. The number of rotatable bonds is 5. The summed E-state index contributed by atoms with van der Waals surface area (Å²) in [5, 5.41) is 3.12. The second-order valence-electron chi connectivity index (χ2n) is 4.74. The van der Waals surface area contributed by atoms with Gasteiger partial charge >= 0.3 is 12.3 Å². The normalized spacial score (nSPS) is 11.9. The molecule has 2 rings (SSSR count). The minimum atomic E-state index is -4.49. The first-order valence-corrected chi connectivity index (χ1v) is 6.38. The van der Waals surface area contributed by atoms with Crippen LogP contribution in [-0.2, 0) is 12.7 Å². The predicted molar refractivity (Wildman–Crippen MR) is 70.0 cm³/mol. The number of alkyl halides is 3. The molecule has 0 aliphatic carbocycles. The highest BCUT2D eigenvalue weighted by molar-refractivity contribution is 5.36. The summed E-state index contributed by atoms with van der Waals surface area (Å²) < 4.78 is 48.6. The highest BCUT2D eigenvalue weighted by Gasteiger charge is 2.34. The van der Waals surface area contributed by atoms with Crippen LogP contribution in [-0.4, -0.2) is 11.0 Å². The molecule has 0 saturated carbocycles. The van der Waals surface area contributed by atoms with E-state index in [2.05, 4.69) is 10.3 Å². The van der Waals surface area contributed by atoms with Gasteiger partial charge in [-0.05, 0) is 12.1 Å². The topological polar surface area (TPSA) is 47.3 Å². The summed E-state index contributed by atoms with van der Waals surface area (Å²) >= 11 is 0. The number of hydrogen-bond donors (Lipinski definition) is 1. The van der Waals surface area contributed by atoms with Gasteiger partial charge in [0.15, 0.2) is 0 Å². The lowest BCUT2D eigenvalue weighted by Crippen LogP contribution is -2.21. The first kappa shape index (κ1) is 15.4. The maximum atomic E-state index is 12.8. The Kier molecular flexibility index (Phi) is 4.52. The van der Waals surface area contributed by atoms with Crippen molar-refractivity contribution in [1.29, 1.82) is 0 Å². The summed E-state index contributed by atoms with van der Waals surface area (Å²) in [6.07, 6.45) is -3.36. The SMILES string of the molecule is CC(C)NCc1coc(Oc2ccccc2C(F)(F)F)n1. The molecule has 0 spiro atoms. The highest BCUT2D eigenvalue weighted by Crippen LogP contribution is 2.37. The van der Waals surface area contributed by atoms with Crippen molar-refractivity contribution < 1.29 is 22.3 Å². The Morgan fingerprint density at radius 1 is 1.29 bits per heavy atom. The zero-order chi connectivity index (χ0) is 15.5. The minimum absolute atomic E-state index is 0.216. The van der Waals surface area contributed by atoms with Crippen LogP contribution in [0.15, 0.2) is 34.9 Å². The summed E-state index contributed by atoms with van der Waals surface area (Å²) in [6.45, 7) is 4.39. The summed E-state index contributed by atoms with van der Waals surface area (Å²) in [4.78, 5) is 3.98. The monoisotopic (exact) mass is 300 g/mol. The number of para-hydroxylation sites is 1. The van der Waals surface area contributed by atoms with E-state index in [0.717, 1.165) is 6.07 Å². The molecule has 0 fully saturated rings. The average molecular weight is 300 g/mol. The molecule has 0 atom stereocenters. The van der Waals surface area contributed by atoms with Gasteiger partial charge in [0, 0.05) is 12.6 Å². The molecule has 0 saturated heterocycles. The molecule has 0 aliphatic rings. The lowest BCUT2D eigenvalue weighted by molar-refractivity contribution is -0.138. The van der Waals surface area contributed by atoms with Gasteiger partial charge in [0.25, 0.3) is 0 Å². The van der Waals surface area contributed by atoms with E-state index in [1.165, 1.54) is 24.5 Å². The van der Waals surface area contributed by atoms with Crippen molar-refractivity contribution in [1.82, 2.24) is 10.3 Å². The van der Waals surface area contributed by atoms with Gasteiger partial charge in [-0.1, -0.05) is 26.0 Å². The summed E-state index contributed by atoms with van der Waals surface area (Å²) in [5.41, 5.74) is -0.312. The highest BCUT2D eigenvalue weighted by atomic mass is 19.4. The van der Waals surface area contributed by atoms with Gasteiger partial charge in [-0.2, -0.15) is 18.2 Å². The molecule has 7 heteroatoms. The van der Waals surface area contributed by atoms with E-state index in [1.54, 1.807) is 0 Å². The number of ether oxygens (including phenoxy) is 1. The molecular weight excluding hydrogens is 285 g/mol. The first-order valence-electron chi connectivity index (χ1n) is 6.38. The van der Waals surface area contributed by atoms with Crippen LogP contribution in [0.3, 0.4) is 0 Å². The van der Waals surface area contributed by atoms with Crippen LogP contribution in [0.1, 0.15) is 25.1 Å². The molecule has 1 N–H and O–H groups in total. The molecular formula is C14H15F3N2O2. The Labute approximate surface area is 119 Å². The summed E-state index contributed by atoms with van der Waals surface area (Å²) in [5.74, 6) is -0.338. The average Bonchev–Trinajstić information content (AvgIpc) is 2.83. The van der Waals surface area contributed by atoms with Crippen molar-refractivity contribution in [2.24, 2.45) is 0 Å². The van der Waals surface area contributed by atoms with Crippen LogP contribution in [0.4, 0.5) is 13.2 Å². The van der Waals surface area contributed by atoms with E-state index in [0.29, 0.717) is 12.2 Å². The summed E-state index contributed by atoms with van der Waals surface area (Å²) in [6, 6.07) is 5.17. The Morgan fingerprint density at radius 3 is 2.67 bits per heavy atom. The molecule has 2 aromatic rings. The van der Waals surface area contributed by atoms with Gasteiger partial charge in [0.1, 0.15) is 12.0 Å². The Hall–Kier alpha value is -2.02. The number of nitrogens with zero attached hydrogens (tertiary/aromatic N) is 1. The molecule has 1 aromatic carbocycles. The van der Waals surface area contributed by atoms with E-state index < -0.39 is 11.7 Å². The number of nitrogens with one attached hydrogen (secondary N) is 1. The van der Waals surface area contributed by atoms with Gasteiger partial charge in [-0.15, -0.1) is 0 Å². The van der Waals surface area contributed by atoms with E-state index in [1.807, 2.05) is 13.8 Å². The lowest BCUT2D eigenvalue weighted by atomic mass is 10.2. The standard InChI is InChI=1S/C14H15F3N2O2/c1-9(2)18-7-10-8-20-13(19-10)21-12-6-4-3-5-11(12)14(15,16)17/h3-6,8-9,18H,7H2,1-2H3. The van der Waals surface area contributed by atoms with Crippen LogP contribution in [0.2, 0.25) is 0 Å². The molecule has 114 valence electrons. The third kappa shape index (κ3) is 4.22. The Bertz CT molecular complexity index is 594. The van der Waals surface area contributed by atoms with Crippen LogP contribution >= 0.6 is 0 Å². The van der Waals surface area contributed by atoms with E-state index in [9.17, 15) is 13.2 Å². The van der Waals surface area contributed by atoms with Gasteiger partial charge in [-0.25, -0.2) is 0 Å². The van der Waals surface area contributed by atoms with Gasteiger partial charge in [0.2, 0.25) is 0 Å². The molecule has 4 nitrogen and oxygen atoms in total. The predicted octanol–water partition coefficient (Wildman–Crippen LogP) is 3.98. The van der Waals surface area contributed by atoms with Crippen molar-refractivity contribution in [3.05, 3.63) is 41.8 Å². The second-order valence-corrected chi connectivity index (χ2v) is 4.74. The third-order valence-electron chi connectivity index (χ3n) is 2.61. The zero-order valence-electron chi connectivity index (χ0n) is 11.6. The molecule has 1 heterocycles. The molecule has 0 radical (unpaired) electrons. The van der Waals surface area contributed by atoms with Crippen molar-refractivity contribution >= 4 is 0 Å². The maximum absolute atomic E-state index is 12.8. The van der Waals surface area contributed by atoms with Crippen LogP contribution in [0.25, 0.3) is 0 Å². The van der Waals surface area contributed by atoms with E-state index in [-0.39, 0.29) is 17.9 Å². The van der Waals surface area contributed by atoms with Crippen molar-refractivity contribution in [2.45, 2.75) is 32.6 Å². The van der Waals surface area contributed by atoms with Crippen molar-refractivity contribution in [3.8, 4) is 11.8 Å². The summed E-state index contributed by atoms with van der Waals surface area (Å²) in [7, 11) is 0. The number of oxazole rings is 1. The largest absolute Gasteiger partial charge is 0.419 e. The molecule has 0 amide bonds. The maximum Gasteiger partial charge on any atom is 0.419 e. The second kappa shape index (κ2) is 6.17. The van der Waals surface area contributed by atoms with Gasteiger partial charge in [-0.3, -0.25) is 0 Å². The third-order valence-corrected chi connectivity index (χ3v) is 2.61. The van der Waals surface area contributed by atoms with Crippen molar-refractivity contribution in [3.63, 3.8) is 0 Å². The van der Waals surface area contributed by atoms with Crippen LogP contribution in [0.5, 0.6) is 11.8 Å². The van der Waals surface area contributed by atoms with Crippen molar-refractivity contribution in [2.75, 3.05) is 0 Å². The van der Waals surface area contributed by atoms with E-state index in [4.69, 9.17) is 9.15 Å².